The van der Waals surface area contributed by atoms with Gasteiger partial charge < -0.3 is 0 Å². The van der Waals surface area contributed by atoms with Gasteiger partial charge in [-0.05, 0) is 17.5 Å². The van der Waals surface area contributed by atoms with E-state index in [0.717, 1.165) is 24.0 Å². The van der Waals surface area contributed by atoms with E-state index < -0.39 is 5.92 Å². The van der Waals surface area contributed by atoms with Crippen molar-refractivity contribution in [3.63, 3.8) is 0 Å². The van der Waals surface area contributed by atoms with Gasteiger partial charge in [0.1, 0.15) is 0 Å². The third kappa shape index (κ3) is 3.73. The van der Waals surface area contributed by atoms with Crippen LogP contribution in [0.1, 0.15) is 36.8 Å². The third-order valence-corrected chi connectivity index (χ3v) is 3.63. The number of nitriles is 1. The Morgan fingerprint density at radius 3 is 1.95 bits per heavy atom. The fraction of sp³-hybridized carbons (Fsp3) is 0.263. The van der Waals surface area contributed by atoms with E-state index in [0.29, 0.717) is 6.54 Å². The maximum Gasteiger partial charge on any atom is 0.247 e. The number of nitrogens with zero attached hydrogens (tertiary/aromatic N) is 2. The highest BCUT2D eigenvalue weighted by atomic mass is 16.2. The van der Waals surface area contributed by atoms with Crippen LogP contribution in [0.3, 0.4) is 0 Å². The van der Waals surface area contributed by atoms with E-state index in [9.17, 15) is 10.1 Å². The summed E-state index contributed by atoms with van der Waals surface area (Å²) >= 11 is 0. The van der Waals surface area contributed by atoms with Gasteiger partial charge in [0, 0.05) is 6.54 Å². The van der Waals surface area contributed by atoms with Crippen LogP contribution in [0.15, 0.2) is 60.7 Å². The highest BCUT2D eigenvalue weighted by molar-refractivity contribution is 5.88. The highest BCUT2D eigenvalue weighted by Gasteiger charge is 2.27. The van der Waals surface area contributed by atoms with Crippen LogP contribution in [0.2, 0.25) is 0 Å². The van der Waals surface area contributed by atoms with Gasteiger partial charge in [-0.15, -0.1) is 0 Å². The Bertz CT molecular complexity index is 592. The number of carbonyl (C=O) groups excluding carboxylic acids is 1. The van der Waals surface area contributed by atoms with Gasteiger partial charge in [0.25, 0.3) is 0 Å². The van der Waals surface area contributed by atoms with Gasteiger partial charge in [-0.25, -0.2) is 4.90 Å². The first-order chi connectivity index (χ1) is 10.8. The van der Waals surface area contributed by atoms with Crippen LogP contribution >= 0.6 is 0 Å². The number of amides is 1. The Kier molecular flexibility index (Phi) is 5.73. The van der Waals surface area contributed by atoms with Crippen molar-refractivity contribution in [3.8, 4) is 6.19 Å². The van der Waals surface area contributed by atoms with Gasteiger partial charge in [0.2, 0.25) is 5.91 Å². The topological polar surface area (TPSA) is 44.1 Å². The van der Waals surface area contributed by atoms with E-state index in [-0.39, 0.29) is 5.91 Å². The molecule has 0 fully saturated rings. The van der Waals surface area contributed by atoms with Crippen LogP contribution in [0, 0.1) is 11.5 Å². The predicted molar refractivity (Wildman–Crippen MR) is 87.0 cm³/mol. The van der Waals surface area contributed by atoms with E-state index in [1.54, 1.807) is 0 Å². The standard InChI is InChI=1S/C19H20N2O/c1-2-3-14-21(15-20)19(22)18(16-10-6-4-7-11-16)17-12-8-5-9-13-17/h4-13,18H,2-3,14H2,1H3. The number of hydrogen-bond acceptors (Lipinski definition) is 2. The van der Waals surface area contributed by atoms with Crippen molar-refractivity contribution in [1.29, 1.82) is 5.26 Å². The molecule has 0 aliphatic heterocycles. The Morgan fingerprint density at radius 2 is 1.55 bits per heavy atom. The van der Waals surface area contributed by atoms with E-state index in [2.05, 4.69) is 0 Å². The number of carbonyl (C=O) groups is 1. The van der Waals surface area contributed by atoms with Crippen molar-refractivity contribution in [2.45, 2.75) is 25.7 Å². The molecule has 0 aromatic heterocycles. The van der Waals surface area contributed by atoms with Crippen LogP contribution in [0.25, 0.3) is 0 Å². The van der Waals surface area contributed by atoms with E-state index >= 15 is 0 Å². The van der Waals surface area contributed by atoms with Gasteiger partial charge in [-0.1, -0.05) is 74.0 Å². The highest BCUT2D eigenvalue weighted by Crippen LogP contribution is 2.26. The fourth-order valence-corrected chi connectivity index (χ4v) is 2.45. The Balaban J connectivity index is 2.37. The maximum atomic E-state index is 12.9. The predicted octanol–water partition coefficient (Wildman–Crippen LogP) is 3.93. The van der Waals surface area contributed by atoms with E-state index in [1.807, 2.05) is 73.8 Å². The first kappa shape index (κ1) is 15.8. The second kappa shape index (κ2) is 7.99. The molecule has 3 nitrogen and oxygen atoms in total. The second-order valence-corrected chi connectivity index (χ2v) is 5.20. The Labute approximate surface area is 131 Å². The molecule has 0 bridgehead atoms. The minimum atomic E-state index is -0.432. The van der Waals surface area contributed by atoms with Crippen LogP contribution in [-0.4, -0.2) is 17.4 Å². The molecule has 0 heterocycles. The molecular weight excluding hydrogens is 272 g/mol. The summed E-state index contributed by atoms with van der Waals surface area (Å²) in [7, 11) is 0. The summed E-state index contributed by atoms with van der Waals surface area (Å²) in [4.78, 5) is 14.2. The quantitative estimate of drug-likeness (QED) is 0.598. The van der Waals surface area contributed by atoms with Gasteiger partial charge in [-0.3, -0.25) is 4.79 Å². The van der Waals surface area contributed by atoms with E-state index in [4.69, 9.17) is 0 Å². The summed E-state index contributed by atoms with van der Waals surface area (Å²) in [5.41, 5.74) is 1.82. The first-order valence-corrected chi connectivity index (χ1v) is 7.59. The molecule has 0 saturated heterocycles. The third-order valence-electron chi connectivity index (χ3n) is 3.63. The smallest absolute Gasteiger partial charge is 0.247 e. The molecule has 0 spiro atoms. The number of unbranched alkanes of at least 4 members (excludes halogenated alkanes) is 1. The van der Waals surface area contributed by atoms with Crippen molar-refractivity contribution in [2.24, 2.45) is 0 Å². The molecule has 0 radical (unpaired) electrons. The molecule has 22 heavy (non-hydrogen) atoms. The SMILES string of the molecule is CCCCN(C#N)C(=O)C(c1ccccc1)c1ccccc1. The molecule has 1 amide bonds. The largest absolute Gasteiger partial charge is 0.273 e. The van der Waals surface area contributed by atoms with Crippen molar-refractivity contribution >= 4 is 5.91 Å². The van der Waals surface area contributed by atoms with Gasteiger partial charge in [0.15, 0.2) is 6.19 Å². The number of rotatable bonds is 6. The zero-order valence-corrected chi connectivity index (χ0v) is 12.8. The van der Waals surface area contributed by atoms with Gasteiger partial charge in [0.05, 0.1) is 5.92 Å². The molecule has 2 aromatic rings. The summed E-state index contributed by atoms with van der Waals surface area (Å²) in [6.45, 7) is 2.52. The summed E-state index contributed by atoms with van der Waals surface area (Å²) in [6, 6.07) is 19.3. The van der Waals surface area contributed by atoms with Gasteiger partial charge >= 0.3 is 0 Å². The molecule has 0 unspecified atom stereocenters. The van der Waals surface area contributed by atoms with Crippen LogP contribution in [0.5, 0.6) is 0 Å². The average molecular weight is 292 g/mol. The lowest BCUT2D eigenvalue weighted by atomic mass is 9.90. The average Bonchev–Trinajstić information content (AvgIpc) is 2.58. The molecular formula is C19H20N2O. The van der Waals surface area contributed by atoms with Crippen molar-refractivity contribution in [3.05, 3.63) is 71.8 Å². The van der Waals surface area contributed by atoms with Crippen molar-refractivity contribution in [1.82, 2.24) is 4.90 Å². The molecule has 0 aliphatic carbocycles. The fourth-order valence-electron chi connectivity index (χ4n) is 2.45. The normalized spacial score (nSPS) is 10.2. The Hall–Kier alpha value is -2.60. The van der Waals surface area contributed by atoms with Gasteiger partial charge in [-0.2, -0.15) is 5.26 Å². The minimum Gasteiger partial charge on any atom is -0.273 e. The van der Waals surface area contributed by atoms with Crippen LogP contribution in [0.4, 0.5) is 0 Å². The number of hydrogen-bond donors (Lipinski definition) is 0. The zero-order valence-electron chi connectivity index (χ0n) is 12.8. The van der Waals surface area contributed by atoms with Crippen molar-refractivity contribution < 1.29 is 4.79 Å². The number of benzene rings is 2. The summed E-state index contributed by atoms with van der Waals surface area (Å²) in [5, 5.41) is 9.32. The maximum absolute atomic E-state index is 12.9. The lowest BCUT2D eigenvalue weighted by Crippen LogP contribution is -2.32. The van der Waals surface area contributed by atoms with Crippen molar-refractivity contribution in [2.75, 3.05) is 6.54 Å². The second-order valence-electron chi connectivity index (χ2n) is 5.20. The molecule has 3 heteroatoms. The van der Waals surface area contributed by atoms with Crippen LogP contribution in [-0.2, 0) is 4.79 Å². The zero-order chi connectivity index (χ0) is 15.8. The minimum absolute atomic E-state index is 0.159. The Morgan fingerprint density at radius 1 is 1.05 bits per heavy atom. The molecule has 2 aromatic carbocycles. The summed E-state index contributed by atoms with van der Waals surface area (Å²) in [5.74, 6) is -0.591. The first-order valence-electron chi connectivity index (χ1n) is 7.59. The van der Waals surface area contributed by atoms with Crippen LogP contribution < -0.4 is 0 Å². The molecule has 112 valence electrons. The monoisotopic (exact) mass is 292 g/mol. The molecule has 0 saturated carbocycles. The molecule has 0 aliphatic rings. The lowest BCUT2D eigenvalue weighted by Gasteiger charge is -2.22. The lowest BCUT2D eigenvalue weighted by molar-refractivity contribution is -0.128. The summed E-state index contributed by atoms with van der Waals surface area (Å²) in [6.07, 6.45) is 3.82. The molecule has 0 atom stereocenters. The molecule has 2 rings (SSSR count). The summed E-state index contributed by atoms with van der Waals surface area (Å²) < 4.78 is 0. The molecule has 0 N–H and O–H groups in total. The van der Waals surface area contributed by atoms with E-state index in [1.165, 1.54) is 4.90 Å².